The van der Waals surface area contributed by atoms with Crippen LogP contribution >= 0.6 is 12.2 Å². The Balaban J connectivity index is 1.55. The summed E-state index contributed by atoms with van der Waals surface area (Å²) in [7, 11) is 2.08. The number of nitrogens with two attached hydrogens (primary N) is 1. The van der Waals surface area contributed by atoms with E-state index in [9.17, 15) is 0 Å². The summed E-state index contributed by atoms with van der Waals surface area (Å²) in [5.74, 6) is 1.68. The average molecular weight is 308 g/mol. The minimum absolute atomic E-state index is 0.410. The number of nitrogens with zero attached hydrogens (tertiary/aromatic N) is 1. The van der Waals surface area contributed by atoms with Gasteiger partial charge in [-0.3, -0.25) is 0 Å². The van der Waals surface area contributed by atoms with E-state index >= 15 is 0 Å². The normalized spacial score (nSPS) is 14.4. The van der Waals surface area contributed by atoms with Crippen molar-refractivity contribution in [3.63, 3.8) is 0 Å². The summed E-state index contributed by atoms with van der Waals surface area (Å²) in [6.07, 6.45) is 2.69. The van der Waals surface area contributed by atoms with Crippen LogP contribution in [-0.2, 0) is 4.74 Å². The van der Waals surface area contributed by atoms with Crippen LogP contribution in [0, 0.1) is 5.92 Å². The first-order valence-corrected chi connectivity index (χ1v) is 7.85. The van der Waals surface area contributed by atoms with Crippen molar-refractivity contribution < 1.29 is 9.47 Å². The van der Waals surface area contributed by atoms with Crippen molar-refractivity contribution >= 4 is 17.2 Å². The summed E-state index contributed by atoms with van der Waals surface area (Å²) in [6.45, 7) is 4.21. The second kappa shape index (κ2) is 8.32. The molecule has 0 unspecified atom stereocenters. The lowest BCUT2D eigenvalue weighted by molar-refractivity contribution is 0.0992. The maximum absolute atomic E-state index is 5.70. The molecule has 1 aliphatic rings. The summed E-state index contributed by atoms with van der Waals surface area (Å²) in [4.78, 5) is 2.63. The SMILES string of the molecule is CN(CCOCC1CC1)CCOc1ccc(C(N)=S)cc1. The summed E-state index contributed by atoms with van der Waals surface area (Å²) in [5, 5.41) is 0. The van der Waals surface area contributed by atoms with Gasteiger partial charge in [-0.25, -0.2) is 0 Å². The molecule has 21 heavy (non-hydrogen) atoms. The van der Waals surface area contributed by atoms with Gasteiger partial charge in [0.25, 0.3) is 0 Å². The predicted molar refractivity (Wildman–Crippen MR) is 88.9 cm³/mol. The molecular formula is C16H24N2O2S. The molecule has 5 heteroatoms. The largest absolute Gasteiger partial charge is 0.492 e. The molecular weight excluding hydrogens is 284 g/mol. The van der Waals surface area contributed by atoms with E-state index in [2.05, 4.69) is 11.9 Å². The number of hydrogen-bond donors (Lipinski definition) is 1. The Kier molecular flexibility index (Phi) is 6.42. The van der Waals surface area contributed by atoms with Crippen LogP contribution in [0.2, 0.25) is 0 Å². The number of likely N-dealkylation sites (N-methyl/N-ethyl adjacent to an activating group) is 1. The molecule has 0 radical (unpaired) electrons. The molecule has 0 atom stereocenters. The van der Waals surface area contributed by atoms with Gasteiger partial charge in [-0.15, -0.1) is 0 Å². The highest BCUT2D eigenvalue weighted by molar-refractivity contribution is 7.80. The van der Waals surface area contributed by atoms with Crippen molar-refractivity contribution in [2.45, 2.75) is 12.8 Å². The van der Waals surface area contributed by atoms with Crippen LogP contribution in [0.1, 0.15) is 18.4 Å². The molecule has 1 fully saturated rings. The molecule has 116 valence electrons. The molecule has 1 aromatic carbocycles. The van der Waals surface area contributed by atoms with Crippen LogP contribution in [-0.4, -0.2) is 49.8 Å². The van der Waals surface area contributed by atoms with Crippen LogP contribution in [0.3, 0.4) is 0 Å². The van der Waals surface area contributed by atoms with Crippen LogP contribution in [0.4, 0.5) is 0 Å². The van der Waals surface area contributed by atoms with Gasteiger partial charge in [0, 0.05) is 25.3 Å². The van der Waals surface area contributed by atoms with Crippen molar-refractivity contribution in [2.75, 3.05) is 40.0 Å². The lowest BCUT2D eigenvalue weighted by Gasteiger charge is -2.17. The van der Waals surface area contributed by atoms with Crippen LogP contribution in [0.5, 0.6) is 5.75 Å². The zero-order valence-electron chi connectivity index (χ0n) is 12.6. The number of ether oxygens (including phenoxy) is 2. The van der Waals surface area contributed by atoms with Crippen LogP contribution in [0.25, 0.3) is 0 Å². The van der Waals surface area contributed by atoms with Crippen molar-refractivity contribution in [3.05, 3.63) is 29.8 Å². The van der Waals surface area contributed by atoms with E-state index in [1.165, 1.54) is 12.8 Å². The molecule has 2 N–H and O–H groups in total. The third-order valence-corrected chi connectivity index (χ3v) is 3.78. The Morgan fingerprint density at radius 3 is 2.52 bits per heavy atom. The highest BCUT2D eigenvalue weighted by Crippen LogP contribution is 2.28. The molecule has 0 saturated heterocycles. The fourth-order valence-corrected chi connectivity index (χ4v) is 2.04. The number of hydrogen-bond acceptors (Lipinski definition) is 4. The van der Waals surface area contributed by atoms with E-state index in [0.29, 0.717) is 11.6 Å². The molecule has 1 aromatic rings. The molecule has 0 spiro atoms. The van der Waals surface area contributed by atoms with Gasteiger partial charge in [-0.1, -0.05) is 12.2 Å². The van der Waals surface area contributed by atoms with Gasteiger partial charge in [0.05, 0.1) is 6.61 Å². The molecule has 1 aliphatic carbocycles. The molecule has 2 rings (SSSR count). The Morgan fingerprint density at radius 2 is 1.90 bits per heavy atom. The minimum Gasteiger partial charge on any atom is -0.492 e. The lowest BCUT2D eigenvalue weighted by Crippen LogP contribution is -2.28. The number of thiocarbonyl (C=S) groups is 1. The van der Waals surface area contributed by atoms with Gasteiger partial charge in [0.15, 0.2) is 0 Å². The van der Waals surface area contributed by atoms with Crippen molar-refractivity contribution in [1.82, 2.24) is 4.90 Å². The topological polar surface area (TPSA) is 47.7 Å². The molecule has 0 aromatic heterocycles. The maximum Gasteiger partial charge on any atom is 0.119 e. The molecule has 0 heterocycles. The molecule has 4 nitrogen and oxygen atoms in total. The van der Waals surface area contributed by atoms with E-state index in [-0.39, 0.29) is 0 Å². The first-order valence-electron chi connectivity index (χ1n) is 7.44. The van der Waals surface area contributed by atoms with Crippen molar-refractivity contribution in [2.24, 2.45) is 11.7 Å². The molecule has 0 bridgehead atoms. The molecule has 0 amide bonds. The maximum atomic E-state index is 5.70. The Bertz CT molecular complexity index is 446. The van der Waals surface area contributed by atoms with Gasteiger partial charge in [-0.05, 0) is 50.1 Å². The first-order chi connectivity index (χ1) is 10.1. The van der Waals surface area contributed by atoms with Crippen LogP contribution < -0.4 is 10.5 Å². The highest BCUT2D eigenvalue weighted by atomic mass is 32.1. The second-order valence-corrected chi connectivity index (χ2v) is 6.00. The summed E-state index contributed by atoms with van der Waals surface area (Å²) < 4.78 is 11.3. The van der Waals surface area contributed by atoms with E-state index in [0.717, 1.165) is 43.5 Å². The van der Waals surface area contributed by atoms with Gasteiger partial charge in [0.1, 0.15) is 17.3 Å². The average Bonchev–Trinajstić information content (AvgIpc) is 3.28. The van der Waals surface area contributed by atoms with Crippen molar-refractivity contribution in [1.29, 1.82) is 0 Å². The monoisotopic (exact) mass is 308 g/mol. The Hall–Kier alpha value is -1.17. The van der Waals surface area contributed by atoms with E-state index in [4.69, 9.17) is 27.4 Å². The van der Waals surface area contributed by atoms with E-state index in [1.54, 1.807) is 0 Å². The summed E-state index contributed by atoms with van der Waals surface area (Å²) >= 11 is 4.92. The smallest absolute Gasteiger partial charge is 0.119 e. The zero-order valence-corrected chi connectivity index (χ0v) is 13.4. The fraction of sp³-hybridized carbons (Fsp3) is 0.562. The van der Waals surface area contributed by atoms with Gasteiger partial charge in [-0.2, -0.15) is 0 Å². The van der Waals surface area contributed by atoms with Gasteiger partial charge >= 0.3 is 0 Å². The summed E-state index contributed by atoms with van der Waals surface area (Å²) in [5.41, 5.74) is 6.42. The predicted octanol–water partition coefficient (Wildman–Crippen LogP) is 2.06. The Morgan fingerprint density at radius 1 is 1.24 bits per heavy atom. The van der Waals surface area contributed by atoms with Crippen LogP contribution in [0.15, 0.2) is 24.3 Å². The van der Waals surface area contributed by atoms with Crippen molar-refractivity contribution in [3.8, 4) is 5.75 Å². The second-order valence-electron chi connectivity index (χ2n) is 5.56. The molecule has 0 aliphatic heterocycles. The third kappa shape index (κ3) is 6.42. The highest BCUT2D eigenvalue weighted by Gasteiger charge is 2.20. The minimum atomic E-state index is 0.410. The number of benzene rings is 1. The first kappa shape index (κ1) is 16.2. The van der Waals surface area contributed by atoms with Gasteiger partial charge in [0.2, 0.25) is 0 Å². The van der Waals surface area contributed by atoms with E-state index in [1.807, 2.05) is 24.3 Å². The molecule has 1 saturated carbocycles. The number of rotatable bonds is 10. The fourth-order valence-electron chi connectivity index (χ4n) is 1.90. The quantitative estimate of drug-likeness (QED) is 0.529. The summed E-state index contributed by atoms with van der Waals surface area (Å²) in [6, 6.07) is 7.56. The van der Waals surface area contributed by atoms with Gasteiger partial charge < -0.3 is 20.1 Å². The standard InChI is InChI=1S/C16H24N2O2S/c1-18(8-10-19-12-13-2-3-13)9-11-20-15-6-4-14(5-7-15)16(17)21/h4-7,13H,2-3,8-12H2,1H3,(H2,17,21). The van der Waals surface area contributed by atoms with E-state index < -0.39 is 0 Å². The zero-order chi connectivity index (χ0) is 15.1. The third-order valence-electron chi connectivity index (χ3n) is 3.55. The Labute approximate surface area is 132 Å². The lowest BCUT2D eigenvalue weighted by atomic mass is 10.2.